The van der Waals surface area contributed by atoms with Crippen LogP contribution in [-0.2, 0) is 11.2 Å². The highest BCUT2D eigenvalue weighted by molar-refractivity contribution is 5.66. The van der Waals surface area contributed by atoms with Gasteiger partial charge in [-0.05, 0) is 64.3 Å². The number of benzene rings is 1. The zero-order valence-corrected chi connectivity index (χ0v) is 13.2. The fourth-order valence-corrected chi connectivity index (χ4v) is 2.60. The van der Waals surface area contributed by atoms with E-state index in [0.717, 1.165) is 19.4 Å². The summed E-state index contributed by atoms with van der Waals surface area (Å²) < 4.78 is 0. The summed E-state index contributed by atoms with van der Waals surface area (Å²) in [4.78, 5) is 13.0. The molecule has 2 N–H and O–H groups in total. The van der Waals surface area contributed by atoms with E-state index < -0.39 is 5.97 Å². The van der Waals surface area contributed by atoms with Gasteiger partial charge in [-0.15, -0.1) is 0 Å². The molecule has 0 saturated carbocycles. The van der Waals surface area contributed by atoms with Crippen molar-refractivity contribution in [1.82, 2.24) is 4.90 Å². The minimum absolute atomic E-state index is 0.230. The fourth-order valence-electron chi connectivity index (χ4n) is 2.60. The van der Waals surface area contributed by atoms with Crippen LogP contribution in [0.1, 0.15) is 45.6 Å². The van der Waals surface area contributed by atoms with Crippen molar-refractivity contribution in [3.63, 3.8) is 0 Å². The van der Waals surface area contributed by atoms with E-state index in [2.05, 4.69) is 25.7 Å². The van der Waals surface area contributed by atoms with Gasteiger partial charge in [-0.3, -0.25) is 9.69 Å². The normalized spacial score (nSPS) is 12.8. The Kier molecular flexibility index (Phi) is 7.23. The van der Waals surface area contributed by atoms with Crippen molar-refractivity contribution in [2.24, 2.45) is 0 Å². The molecule has 118 valence electrons. The van der Waals surface area contributed by atoms with Crippen LogP contribution in [-0.4, -0.2) is 39.7 Å². The van der Waals surface area contributed by atoms with Crippen LogP contribution in [0.5, 0.6) is 5.75 Å². The lowest BCUT2D eigenvalue weighted by Gasteiger charge is -2.32. The molecule has 1 atom stereocenters. The first-order valence-electron chi connectivity index (χ1n) is 7.65. The second kappa shape index (κ2) is 8.67. The maximum atomic E-state index is 10.6. The van der Waals surface area contributed by atoms with Crippen LogP contribution in [0.4, 0.5) is 0 Å². The molecule has 1 rings (SSSR count). The van der Waals surface area contributed by atoms with Crippen LogP contribution in [0.2, 0.25) is 0 Å². The molecule has 4 nitrogen and oxygen atoms in total. The van der Waals surface area contributed by atoms with E-state index in [1.807, 2.05) is 12.1 Å². The Bertz CT molecular complexity index is 428. The molecular weight excluding hydrogens is 266 g/mol. The van der Waals surface area contributed by atoms with Gasteiger partial charge < -0.3 is 10.2 Å². The number of carboxylic acid groups (broad SMARTS) is 1. The Morgan fingerprint density at radius 1 is 1.19 bits per heavy atom. The molecule has 0 bridgehead atoms. The topological polar surface area (TPSA) is 60.8 Å². The number of hydrogen-bond acceptors (Lipinski definition) is 3. The quantitative estimate of drug-likeness (QED) is 0.733. The van der Waals surface area contributed by atoms with Crippen LogP contribution in [0.25, 0.3) is 0 Å². The molecule has 1 unspecified atom stereocenters. The third kappa shape index (κ3) is 6.63. The first-order valence-corrected chi connectivity index (χ1v) is 7.65. The highest BCUT2D eigenvalue weighted by Crippen LogP contribution is 2.16. The summed E-state index contributed by atoms with van der Waals surface area (Å²) in [5.74, 6) is -0.431. The molecule has 0 aliphatic carbocycles. The summed E-state index contributed by atoms with van der Waals surface area (Å²) in [7, 11) is 0. The van der Waals surface area contributed by atoms with Crippen molar-refractivity contribution in [3.05, 3.63) is 29.8 Å². The number of carbonyl (C=O) groups is 1. The van der Waals surface area contributed by atoms with E-state index in [1.165, 1.54) is 5.56 Å². The first-order chi connectivity index (χ1) is 9.90. The number of carboxylic acids is 1. The average Bonchev–Trinajstić information content (AvgIpc) is 2.42. The number of phenolic OH excluding ortho intramolecular Hbond substituents is 1. The van der Waals surface area contributed by atoms with Gasteiger partial charge in [-0.25, -0.2) is 0 Å². The van der Waals surface area contributed by atoms with Gasteiger partial charge in [0.1, 0.15) is 5.75 Å². The lowest BCUT2D eigenvalue weighted by atomic mass is 10.0. The second-order valence-corrected chi connectivity index (χ2v) is 5.88. The van der Waals surface area contributed by atoms with Gasteiger partial charge >= 0.3 is 5.97 Å². The molecule has 1 aromatic rings. The Balaban J connectivity index is 2.46. The molecule has 0 heterocycles. The third-order valence-electron chi connectivity index (χ3n) is 3.82. The Morgan fingerprint density at radius 2 is 1.81 bits per heavy atom. The van der Waals surface area contributed by atoms with Gasteiger partial charge in [-0.2, -0.15) is 0 Å². The third-order valence-corrected chi connectivity index (χ3v) is 3.82. The Morgan fingerprint density at radius 3 is 2.33 bits per heavy atom. The number of nitrogens with zero attached hydrogens (tertiary/aromatic N) is 1. The minimum atomic E-state index is -0.726. The van der Waals surface area contributed by atoms with Crippen molar-refractivity contribution in [2.75, 3.05) is 6.54 Å². The number of hydrogen-bond donors (Lipinski definition) is 2. The summed E-state index contributed by atoms with van der Waals surface area (Å²) >= 11 is 0. The number of aromatic hydroxyl groups is 1. The van der Waals surface area contributed by atoms with Crippen molar-refractivity contribution in [3.8, 4) is 5.75 Å². The molecule has 0 aromatic heterocycles. The Hall–Kier alpha value is -1.55. The molecule has 4 heteroatoms. The average molecular weight is 293 g/mol. The Labute approximate surface area is 127 Å². The molecular formula is C17H27NO3. The molecule has 0 aliphatic heterocycles. The molecule has 0 radical (unpaired) electrons. The highest BCUT2D eigenvalue weighted by atomic mass is 16.4. The molecule has 21 heavy (non-hydrogen) atoms. The van der Waals surface area contributed by atoms with Crippen LogP contribution in [0, 0.1) is 0 Å². The summed E-state index contributed by atoms with van der Waals surface area (Å²) in [5, 5.41) is 18.0. The van der Waals surface area contributed by atoms with Crippen LogP contribution >= 0.6 is 0 Å². The molecule has 0 aliphatic rings. The minimum Gasteiger partial charge on any atom is -0.508 e. The largest absolute Gasteiger partial charge is 0.508 e. The maximum Gasteiger partial charge on any atom is 0.303 e. The second-order valence-electron chi connectivity index (χ2n) is 5.88. The highest BCUT2D eigenvalue weighted by Gasteiger charge is 2.17. The van der Waals surface area contributed by atoms with Crippen LogP contribution < -0.4 is 0 Å². The number of phenols is 1. The number of aryl methyl sites for hydroxylation is 1. The maximum absolute atomic E-state index is 10.6. The summed E-state index contributed by atoms with van der Waals surface area (Å²) in [5.41, 5.74) is 1.22. The lowest BCUT2D eigenvalue weighted by molar-refractivity contribution is -0.137. The van der Waals surface area contributed by atoms with E-state index in [9.17, 15) is 9.90 Å². The van der Waals surface area contributed by atoms with Gasteiger partial charge in [-0.1, -0.05) is 12.1 Å². The summed E-state index contributed by atoms with van der Waals surface area (Å²) in [6.45, 7) is 7.32. The standard InChI is InChI=1S/C17H27NO3/c1-13(2)18(12-4-5-17(20)21)14(3)6-7-15-8-10-16(19)11-9-15/h8-11,13-14,19H,4-7,12H2,1-3H3,(H,20,21). The van der Waals surface area contributed by atoms with Crippen molar-refractivity contribution in [1.29, 1.82) is 0 Å². The van der Waals surface area contributed by atoms with E-state index in [1.54, 1.807) is 12.1 Å². The van der Waals surface area contributed by atoms with Crippen molar-refractivity contribution in [2.45, 2.75) is 58.5 Å². The monoisotopic (exact) mass is 293 g/mol. The molecule has 0 fully saturated rings. The predicted octanol–water partition coefficient (Wildman–Crippen LogP) is 3.29. The molecule has 0 amide bonds. The van der Waals surface area contributed by atoms with Crippen LogP contribution in [0.3, 0.4) is 0 Å². The van der Waals surface area contributed by atoms with Gasteiger partial charge in [0, 0.05) is 18.5 Å². The van der Waals surface area contributed by atoms with E-state index in [-0.39, 0.29) is 6.42 Å². The van der Waals surface area contributed by atoms with Crippen molar-refractivity contribution < 1.29 is 15.0 Å². The van der Waals surface area contributed by atoms with E-state index in [4.69, 9.17) is 5.11 Å². The van der Waals surface area contributed by atoms with E-state index in [0.29, 0.717) is 24.3 Å². The van der Waals surface area contributed by atoms with Gasteiger partial charge in [0.2, 0.25) is 0 Å². The fraction of sp³-hybridized carbons (Fsp3) is 0.588. The van der Waals surface area contributed by atoms with E-state index >= 15 is 0 Å². The van der Waals surface area contributed by atoms with Crippen LogP contribution in [0.15, 0.2) is 24.3 Å². The van der Waals surface area contributed by atoms with Gasteiger partial charge in [0.25, 0.3) is 0 Å². The van der Waals surface area contributed by atoms with Gasteiger partial charge in [0.15, 0.2) is 0 Å². The number of aliphatic carboxylic acids is 1. The SMILES string of the molecule is CC(C)N(CCCC(=O)O)C(C)CCc1ccc(O)cc1. The first kappa shape index (κ1) is 17.5. The number of rotatable bonds is 9. The summed E-state index contributed by atoms with van der Waals surface area (Å²) in [6, 6.07) is 8.15. The van der Waals surface area contributed by atoms with Crippen molar-refractivity contribution >= 4 is 5.97 Å². The molecule has 1 aromatic carbocycles. The zero-order chi connectivity index (χ0) is 15.8. The molecule has 0 spiro atoms. The summed E-state index contributed by atoms with van der Waals surface area (Å²) in [6.07, 6.45) is 2.91. The zero-order valence-electron chi connectivity index (χ0n) is 13.2. The predicted molar refractivity (Wildman–Crippen MR) is 84.6 cm³/mol. The smallest absolute Gasteiger partial charge is 0.303 e. The molecule has 0 saturated heterocycles. The lowest BCUT2D eigenvalue weighted by Crippen LogP contribution is -2.39. The van der Waals surface area contributed by atoms with Gasteiger partial charge in [0.05, 0.1) is 0 Å².